The van der Waals surface area contributed by atoms with Crippen LogP contribution in [0.25, 0.3) is 10.9 Å². The zero-order valence-electron chi connectivity index (χ0n) is 11.8. The Hall–Kier alpha value is -1.68. The Morgan fingerprint density at radius 3 is 2.74 bits per heavy atom. The van der Waals surface area contributed by atoms with Gasteiger partial charge in [-0.3, -0.25) is 4.79 Å². The molecule has 2 rings (SSSR count). The fourth-order valence-corrected chi connectivity index (χ4v) is 1.89. The normalized spacial score (nSPS) is 11.9. The lowest BCUT2D eigenvalue weighted by Gasteiger charge is -2.17. The third-order valence-corrected chi connectivity index (χ3v) is 3.01. The van der Waals surface area contributed by atoms with E-state index in [2.05, 4.69) is 36.1 Å². The Kier molecular flexibility index (Phi) is 4.00. The zero-order valence-corrected chi connectivity index (χ0v) is 11.8. The van der Waals surface area contributed by atoms with Gasteiger partial charge in [-0.25, -0.2) is 4.98 Å². The van der Waals surface area contributed by atoms with Crippen LogP contribution in [0.3, 0.4) is 0 Å². The maximum Gasteiger partial charge on any atom is 0.258 e. The first kappa shape index (κ1) is 13.7. The lowest BCUT2D eigenvalue weighted by atomic mass is 9.92. The van der Waals surface area contributed by atoms with Crippen molar-refractivity contribution in [1.82, 2.24) is 15.3 Å². The topological polar surface area (TPSA) is 57.8 Å². The number of para-hydroxylation sites is 1. The summed E-state index contributed by atoms with van der Waals surface area (Å²) in [5, 5.41) is 3.96. The van der Waals surface area contributed by atoms with E-state index in [1.807, 2.05) is 18.2 Å². The molecule has 0 amide bonds. The van der Waals surface area contributed by atoms with Crippen molar-refractivity contribution >= 4 is 10.9 Å². The Bertz CT molecular complexity index is 611. The molecule has 0 aliphatic rings. The first-order chi connectivity index (χ1) is 8.96. The number of fused-ring (bicyclic) bond motifs is 1. The van der Waals surface area contributed by atoms with Crippen LogP contribution >= 0.6 is 0 Å². The largest absolute Gasteiger partial charge is 0.310 e. The fraction of sp³-hybridized carbons (Fsp3) is 0.467. The van der Waals surface area contributed by atoms with Crippen molar-refractivity contribution < 1.29 is 0 Å². The van der Waals surface area contributed by atoms with Gasteiger partial charge in [-0.15, -0.1) is 0 Å². The summed E-state index contributed by atoms with van der Waals surface area (Å²) in [6.07, 6.45) is 1.09. The molecule has 4 nitrogen and oxygen atoms in total. The number of hydrogen-bond acceptors (Lipinski definition) is 3. The van der Waals surface area contributed by atoms with E-state index in [1.54, 1.807) is 6.07 Å². The summed E-state index contributed by atoms with van der Waals surface area (Å²) in [4.78, 5) is 19.1. The van der Waals surface area contributed by atoms with Crippen LogP contribution in [0, 0.1) is 5.41 Å². The Morgan fingerprint density at radius 1 is 1.26 bits per heavy atom. The van der Waals surface area contributed by atoms with Gasteiger partial charge in [0.15, 0.2) is 0 Å². The predicted molar refractivity (Wildman–Crippen MR) is 78.1 cm³/mol. The molecule has 0 aliphatic carbocycles. The van der Waals surface area contributed by atoms with Crippen molar-refractivity contribution in [2.24, 2.45) is 5.41 Å². The van der Waals surface area contributed by atoms with Gasteiger partial charge < -0.3 is 10.3 Å². The van der Waals surface area contributed by atoms with Crippen molar-refractivity contribution in [3.8, 4) is 0 Å². The van der Waals surface area contributed by atoms with Crippen LogP contribution in [0.4, 0.5) is 0 Å². The molecule has 4 heteroatoms. The van der Waals surface area contributed by atoms with Gasteiger partial charge in [-0.2, -0.15) is 0 Å². The molecular weight excluding hydrogens is 238 g/mol. The number of benzene rings is 1. The molecule has 1 aromatic heterocycles. The van der Waals surface area contributed by atoms with Gasteiger partial charge in [-0.05, 0) is 30.5 Å². The standard InChI is InChI=1S/C15H21N3O/c1-15(2,3)8-9-16-10-13-17-12-7-5-4-6-11(12)14(19)18-13/h4-7,16H,8-10H2,1-3H3,(H,17,18,19). The van der Waals surface area contributed by atoms with E-state index in [4.69, 9.17) is 0 Å². The molecule has 0 fully saturated rings. The van der Waals surface area contributed by atoms with Crippen molar-refractivity contribution in [2.45, 2.75) is 33.7 Å². The predicted octanol–water partition coefficient (Wildman–Crippen LogP) is 2.45. The molecular formula is C15H21N3O. The number of H-pyrrole nitrogens is 1. The van der Waals surface area contributed by atoms with Gasteiger partial charge in [0.2, 0.25) is 0 Å². The lowest BCUT2D eigenvalue weighted by Crippen LogP contribution is -2.23. The molecule has 19 heavy (non-hydrogen) atoms. The van der Waals surface area contributed by atoms with Crippen LogP contribution in [0.15, 0.2) is 29.1 Å². The summed E-state index contributed by atoms with van der Waals surface area (Å²) in [5.74, 6) is 0.692. The van der Waals surface area contributed by atoms with Crippen molar-refractivity contribution in [3.63, 3.8) is 0 Å². The van der Waals surface area contributed by atoms with E-state index < -0.39 is 0 Å². The monoisotopic (exact) mass is 259 g/mol. The molecule has 0 atom stereocenters. The molecule has 0 aliphatic heterocycles. The molecule has 2 N–H and O–H groups in total. The van der Waals surface area contributed by atoms with Crippen LogP contribution in [0.5, 0.6) is 0 Å². The smallest absolute Gasteiger partial charge is 0.258 e. The zero-order chi connectivity index (χ0) is 13.9. The molecule has 102 valence electrons. The van der Waals surface area contributed by atoms with Gasteiger partial charge in [0.25, 0.3) is 5.56 Å². The van der Waals surface area contributed by atoms with Crippen molar-refractivity contribution in [3.05, 3.63) is 40.4 Å². The Balaban J connectivity index is 2.04. The first-order valence-corrected chi connectivity index (χ1v) is 6.64. The van der Waals surface area contributed by atoms with Gasteiger partial charge in [0.1, 0.15) is 5.82 Å². The molecule has 1 heterocycles. The quantitative estimate of drug-likeness (QED) is 0.829. The molecule has 0 unspecified atom stereocenters. The molecule has 2 aromatic rings. The SMILES string of the molecule is CC(C)(C)CCNCc1nc2ccccc2c(=O)[nH]1. The van der Waals surface area contributed by atoms with Gasteiger partial charge >= 0.3 is 0 Å². The van der Waals surface area contributed by atoms with E-state index in [-0.39, 0.29) is 5.56 Å². The maximum atomic E-state index is 11.9. The summed E-state index contributed by atoms with van der Waals surface area (Å²) in [6.45, 7) is 8.15. The van der Waals surface area contributed by atoms with Crippen LogP contribution in [-0.2, 0) is 6.54 Å². The van der Waals surface area contributed by atoms with Crippen LogP contribution in [-0.4, -0.2) is 16.5 Å². The molecule has 0 bridgehead atoms. The summed E-state index contributed by atoms with van der Waals surface area (Å²) in [7, 11) is 0. The summed E-state index contributed by atoms with van der Waals surface area (Å²) in [6, 6.07) is 7.40. The maximum absolute atomic E-state index is 11.9. The summed E-state index contributed by atoms with van der Waals surface area (Å²) >= 11 is 0. The van der Waals surface area contributed by atoms with Gasteiger partial charge in [0, 0.05) is 0 Å². The highest BCUT2D eigenvalue weighted by Gasteiger charge is 2.09. The number of hydrogen-bond donors (Lipinski definition) is 2. The number of nitrogens with zero attached hydrogens (tertiary/aromatic N) is 1. The number of nitrogens with one attached hydrogen (secondary N) is 2. The minimum absolute atomic E-state index is 0.0711. The summed E-state index contributed by atoms with van der Waals surface area (Å²) < 4.78 is 0. The third-order valence-electron chi connectivity index (χ3n) is 3.01. The first-order valence-electron chi connectivity index (χ1n) is 6.64. The Labute approximate surface area is 113 Å². The number of aromatic nitrogens is 2. The second kappa shape index (κ2) is 5.53. The summed E-state index contributed by atoms with van der Waals surface area (Å²) in [5.41, 5.74) is 0.995. The van der Waals surface area contributed by atoms with E-state index in [9.17, 15) is 4.79 Å². The van der Waals surface area contributed by atoms with Crippen molar-refractivity contribution in [2.75, 3.05) is 6.54 Å². The highest BCUT2D eigenvalue weighted by Crippen LogP contribution is 2.16. The highest BCUT2D eigenvalue weighted by molar-refractivity contribution is 5.77. The second-order valence-corrected chi connectivity index (χ2v) is 6.02. The van der Waals surface area contributed by atoms with Crippen LogP contribution in [0.2, 0.25) is 0 Å². The van der Waals surface area contributed by atoms with Crippen molar-refractivity contribution in [1.29, 1.82) is 0 Å². The average Bonchev–Trinajstić information content (AvgIpc) is 2.34. The van der Waals surface area contributed by atoms with E-state index >= 15 is 0 Å². The molecule has 0 spiro atoms. The van der Waals surface area contributed by atoms with Crippen LogP contribution in [0.1, 0.15) is 33.0 Å². The number of aromatic amines is 1. The van der Waals surface area contributed by atoms with Gasteiger partial charge in [-0.1, -0.05) is 32.9 Å². The fourth-order valence-electron chi connectivity index (χ4n) is 1.89. The second-order valence-electron chi connectivity index (χ2n) is 6.02. The third kappa shape index (κ3) is 3.89. The average molecular weight is 259 g/mol. The molecule has 1 aromatic carbocycles. The Morgan fingerprint density at radius 2 is 2.00 bits per heavy atom. The van der Waals surface area contributed by atoms with Gasteiger partial charge in [0.05, 0.1) is 17.4 Å². The van der Waals surface area contributed by atoms with Crippen LogP contribution < -0.4 is 10.9 Å². The minimum atomic E-state index is -0.0711. The van der Waals surface area contributed by atoms with E-state index in [0.29, 0.717) is 23.2 Å². The number of rotatable bonds is 4. The molecule has 0 saturated carbocycles. The highest BCUT2D eigenvalue weighted by atomic mass is 16.1. The molecule has 0 radical (unpaired) electrons. The van der Waals surface area contributed by atoms with E-state index in [0.717, 1.165) is 18.5 Å². The minimum Gasteiger partial charge on any atom is -0.310 e. The van der Waals surface area contributed by atoms with E-state index in [1.165, 1.54) is 0 Å². The molecule has 0 saturated heterocycles. The lowest BCUT2D eigenvalue weighted by molar-refractivity contribution is 0.365.